The van der Waals surface area contributed by atoms with Gasteiger partial charge in [-0.2, -0.15) is 0 Å². The van der Waals surface area contributed by atoms with Crippen LogP contribution >= 0.6 is 0 Å². The summed E-state index contributed by atoms with van der Waals surface area (Å²) in [6, 6.07) is 0. The van der Waals surface area contributed by atoms with Crippen molar-refractivity contribution in [3.63, 3.8) is 0 Å². The molecule has 4 unspecified atom stereocenters. The monoisotopic (exact) mass is 447 g/mol. The number of amides is 1. The molecule has 2 heterocycles. The Kier molecular flexibility index (Phi) is 4.65. The van der Waals surface area contributed by atoms with Crippen LogP contribution in [0, 0.1) is 34.5 Å². The quantitative estimate of drug-likeness (QED) is 0.256. The number of nitrogens with zero attached hydrogens (tertiary/aromatic N) is 1. The minimum absolute atomic E-state index is 0.0369. The summed E-state index contributed by atoms with van der Waals surface area (Å²) in [6.07, 6.45) is 12.5. The van der Waals surface area contributed by atoms with Gasteiger partial charge in [-0.15, -0.1) is 0 Å². The fraction of sp³-hybridized carbons (Fsp3) is 0.586. The van der Waals surface area contributed by atoms with E-state index in [-0.39, 0.29) is 39.8 Å². The zero-order valence-electron chi connectivity index (χ0n) is 21.0. The Hall–Kier alpha value is -2.36. The van der Waals surface area contributed by atoms with Crippen LogP contribution in [0.25, 0.3) is 0 Å². The Morgan fingerprint density at radius 3 is 2.39 bits per heavy atom. The number of aliphatic hydroxyl groups excluding tert-OH is 1. The van der Waals surface area contributed by atoms with Crippen LogP contribution in [0.4, 0.5) is 0 Å². The van der Waals surface area contributed by atoms with Gasteiger partial charge in [0.1, 0.15) is 16.9 Å². The maximum atomic E-state index is 13.1. The first-order valence-corrected chi connectivity index (χ1v) is 12.4. The molecule has 4 heteroatoms. The van der Waals surface area contributed by atoms with Crippen LogP contribution in [0.1, 0.15) is 61.3 Å². The van der Waals surface area contributed by atoms with Gasteiger partial charge in [0.2, 0.25) is 0 Å². The van der Waals surface area contributed by atoms with Crippen molar-refractivity contribution in [1.29, 1.82) is 0 Å². The Bertz CT molecular complexity index is 1120. The van der Waals surface area contributed by atoms with E-state index in [0.29, 0.717) is 30.7 Å². The average Bonchev–Trinajstić information content (AvgIpc) is 3.30. The van der Waals surface area contributed by atoms with Crippen LogP contribution in [-0.4, -0.2) is 33.8 Å². The predicted octanol–water partition coefficient (Wildman–Crippen LogP) is 5.70. The minimum atomic E-state index is -0.790. The van der Waals surface area contributed by atoms with Crippen molar-refractivity contribution in [2.75, 3.05) is 6.54 Å². The number of allylic oxidation sites excluding steroid dienone is 8. The van der Waals surface area contributed by atoms with Gasteiger partial charge in [0.05, 0.1) is 0 Å². The van der Waals surface area contributed by atoms with Crippen LogP contribution in [0.15, 0.2) is 58.4 Å². The standard InChI is InChI=1S/C29H37NO3/c1-16-13-27(5)14-18(3)24-22(17(2)15-28(24,6)19(16)4)20(27)9-10-21(31)23-25(32)29(7)11-8-12-30(29)26(23)33/h9-10,13-15,19-20,22,24,31H,8,11-12H2,1-7H3/b10-9+,16-13-,23-21-/t19-,20?,22?,24?,27?,28-,29-/m0/s1. The van der Waals surface area contributed by atoms with E-state index in [2.05, 4.69) is 65.8 Å². The first-order valence-electron chi connectivity index (χ1n) is 12.4. The zero-order valence-corrected chi connectivity index (χ0v) is 21.0. The lowest BCUT2D eigenvalue weighted by Gasteiger charge is -2.52. The third-order valence-corrected chi connectivity index (χ3v) is 9.92. The molecule has 176 valence electrons. The molecule has 2 bridgehead atoms. The smallest absolute Gasteiger partial charge is 0.262 e. The molecule has 0 saturated carbocycles. The lowest BCUT2D eigenvalue weighted by Crippen LogP contribution is -2.45. The molecular weight excluding hydrogens is 410 g/mol. The first kappa shape index (κ1) is 22.4. The van der Waals surface area contributed by atoms with Gasteiger partial charge in [-0.25, -0.2) is 0 Å². The summed E-state index contributed by atoms with van der Waals surface area (Å²) in [6.45, 7) is 16.2. The number of carbonyl (C=O) groups is 2. The number of hydrogen-bond donors (Lipinski definition) is 1. The van der Waals surface area contributed by atoms with Gasteiger partial charge in [-0.3, -0.25) is 9.59 Å². The molecular formula is C29H37NO3. The second-order valence-corrected chi connectivity index (χ2v) is 11.9. The van der Waals surface area contributed by atoms with Crippen LogP contribution in [0.2, 0.25) is 0 Å². The Morgan fingerprint density at radius 1 is 1.06 bits per heavy atom. The van der Waals surface area contributed by atoms with Crippen molar-refractivity contribution < 1.29 is 14.7 Å². The van der Waals surface area contributed by atoms with E-state index in [1.54, 1.807) is 11.0 Å². The molecule has 2 aliphatic heterocycles. The van der Waals surface area contributed by atoms with Gasteiger partial charge in [-0.1, -0.05) is 61.8 Å². The third-order valence-electron chi connectivity index (χ3n) is 9.92. The normalized spacial score (nSPS) is 47.4. The fourth-order valence-corrected chi connectivity index (χ4v) is 8.15. The van der Waals surface area contributed by atoms with Gasteiger partial charge < -0.3 is 10.0 Å². The summed E-state index contributed by atoms with van der Waals surface area (Å²) in [7, 11) is 0. The summed E-state index contributed by atoms with van der Waals surface area (Å²) in [4.78, 5) is 27.7. The lowest BCUT2D eigenvalue weighted by atomic mass is 9.51. The second-order valence-electron chi connectivity index (χ2n) is 11.9. The Morgan fingerprint density at radius 2 is 1.73 bits per heavy atom. The lowest BCUT2D eigenvalue weighted by molar-refractivity contribution is -0.128. The summed E-state index contributed by atoms with van der Waals surface area (Å²) in [5.74, 6) is 0.596. The van der Waals surface area contributed by atoms with Crippen LogP contribution in [0.3, 0.4) is 0 Å². The molecule has 3 aliphatic carbocycles. The molecule has 5 rings (SSSR count). The second kappa shape index (κ2) is 6.84. The molecule has 0 spiro atoms. The summed E-state index contributed by atoms with van der Waals surface area (Å²) in [5.41, 5.74) is 3.28. The topological polar surface area (TPSA) is 57.6 Å². The van der Waals surface area contributed by atoms with Crippen molar-refractivity contribution in [2.24, 2.45) is 34.5 Å². The Balaban J connectivity index is 1.59. The highest BCUT2D eigenvalue weighted by Gasteiger charge is 2.57. The summed E-state index contributed by atoms with van der Waals surface area (Å²) in [5, 5.41) is 11.0. The van der Waals surface area contributed by atoms with Crippen molar-refractivity contribution in [3.05, 3.63) is 58.4 Å². The number of aliphatic hydroxyl groups is 1. The van der Waals surface area contributed by atoms with Crippen LogP contribution < -0.4 is 0 Å². The van der Waals surface area contributed by atoms with Gasteiger partial charge >= 0.3 is 0 Å². The molecule has 7 atom stereocenters. The molecule has 0 aromatic carbocycles. The molecule has 0 aromatic heterocycles. The van der Waals surface area contributed by atoms with E-state index in [0.717, 1.165) is 6.42 Å². The van der Waals surface area contributed by atoms with E-state index >= 15 is 0 Å². The predicted molar refractivity (Wildman–Crippen MR) is 130 cm³/mol. The summed E-state index contributed by atoms with van der Waals surface area (Å²) >= 11 is 0. The van der Waals surface area contributed by atoms with Crippen molar-refractivity contribution in [1.82, 2.24) is 4.90 Å². The molecule has 4 nitrogen and oxygen atoms in total. The number of ketones is 1. The number of rotatable bonds is 2. The number of hydrogen-bond acceptors (Lipinski definition) is 3. The molecule has 2 saturated heterocycles. The molecule has 1 amide bonds. The SMILES string of the molecule is CC1=C[C@]2(C)C3C(C)=CC(C)(/C=C(/C)[C@@H]2C)C(/C=C/C(O)=C2/C(=O)N4CCC[C@@]4(C)C2=O)C13. The average molecular weight is 448 g/mol. The van der Waals surface area contributed by atoms with E-state index < -0.39 is 5.54 Å². The van der Waals surface area contributed by atoms with E-state index in [1.165, 1.54) is 16.7 Å². The highest BCUT2D eigenvalue weighted by Crippen LogP contribution is 2.64. The molecule has 1 N–H and O–H groups in total. The van der Waals surface area contributed by atoms with E-state index in [1.807, 2.05) is 6.92 Å². The summed E-state index contributed by atoms with van der Waals surface area (Å²) < 4.78 is 0. The van der Waals surface area contributed by atoms with Crippen molar-refractivity contribution >= 4 is 11.7 Å². The van der Waals surface area contributed by atoms with Gasteiger partial charge in [0, 0.05) is 12.0 Å². The van der Waals surface area contributed by atoms with Crippen molar-refractivity contribution in [2.45, 2.75) is 66.8 Å². The highest BCUT2D eigenvalue weighted by molar-refractivity contribution is 6.29. The molecule has 2 fully saturated rings. The minimum Gasteiger partial charge on any atom is -0.507 e. The first-order chi connectivity index (χ1) is 15.3. The third kappa shape index (κ3) is 2.76. The van der Waals surface area contributed by atoms with E-state index in [4.69, 9.17) is 0 Å². The number of fused-ring (bicyclic) bond motifs is 2. The zero-order chi connectivity index (χ0) is 24.1. The molecule has 0 aromatic rings. The van der Waals surface area contributed by atoms with Gasteiger partial charge in [-0.05, 0) is 75.7 Å². The molecule has 5 aliphatic rings. The molecule has 0 radical (unpaired) electrons. The maximum absolute atomic E-state index is 13.1. The maximum Gasteiger partial charge on any atom is 0.262 e. The van der Waals surface area contributed by atoms with Gasteiger partial charge in [0.15, 0.2) is 5.78 Å². The number of carbonyl (C=O) groups excluding carboxylic acids is 2. The molecule has 33 heavy (non-hydrogen) atoms. The highest BCUT2D eigenvalue weighted by atomic mass is 16.3. The van der Waals surface area contributed by atoms with Gasteiger partial charge in [0.25, 0.3) is 5.91 Å². The largest absolute Gasteiger partial charge is 0.507 e. The van der Waals surface area contributed by atoms with Crippen LogP contribution in [-0.2, 0) is 9.59 Å². The number of Topliss-reactive ketones (excluding diaryl/α,β-unsaturated/α-hetero) is 1. The Labute approximate surface area is 197 Å². The van der Waals surface area contributed by atoms with Crippen molar-refractivity contribution in [3.8, 4) is 0 Å². The van der Waals surface area contributed by atoms with Crippen LogP contribution in [0.5, 0.6) is 0 Å². The fourth-order valence-electron chi connectivity index (χ4n) is 8.15. The van der Waals surface area contributed by atoms with E-state index in [9.17, 15) is 14.7 Å².